The predicted molar refractivity (Wildman–Crippen MR) is 127 cm³/mol. The molecular weight excluding hydrogens is 414 g/mol. The van der Waals surface area contributed by atoms with Crippen LogP contribution >= 0.6 is 0 Å². The van der Waals surface area contributed by atoms with Crippen molar-refractivity contribution in [3.63, 3.8) is 0 Å². The van der Waals surface area contributed by atoms with Crippen LogP contribution in [0.5, 0.6) is 0 Å². The van der Waals surface area contributed by atoms with Crippen LogP contribution in [0, 0.1) is 11.3 Å². The second kappa shape index (κ2) is 8.65. The van der Waals surface area contributed by atoms with Gasteiger partial charge in [0.2, 0.25) is 0 Å². The zero-order chi connectivity index (χ0) is 22.9. The molecule has 0 saturated carbocycles. The molecule has 0 unspecified atom stereocenters. The Bertz CT molecular complexity index is 1450. The molecule has 4 aromatic rings. The number of amides is 1. The molecule has 3 aromatic heterocycles. The van der Waals surface area contributed by atoms with E-state index in [1.165, 1.54) is 9.96 Å². The minimum absolute atomic E-state index is 0.105. The predicted octanol–water partition coefficient (Wildman–Crippen LogP) is 3.24. The molecule has 0 bridgehead atoms. The molecule has 0 aliphatic carbocycles. The third-order valence-corrected chi connectivity index (χ3v) is 6.63. The van der Waals surface area contributed by atoms with E-state index in [9.17, 15) is 9.59 Å². The van der Waals surface area contributed by atoms with Crippen molar-refractivity contribution in [2.45, 2.75) is 32.7 Å². The number of hydrogen-bond acceptors (Lipinski definition) is 4. The Kier molecular flexibility index (Phi) is 5.54. The van der Waals surface area contributed by atoms with Crippen LogP contribution in [0.1, 0.15) is 35.7 Å². The van der Waals surface area contributed by atoms with E-state index >= 15 is 0 Å². The minimum atomic E-state index is -0.228. The molecule has 1 aliphatic rings. The average molecular weight is 442 g/mol. The molecule has 5 rings (SSSR count). The number of nitrogens with one attached hydrogen (secondary N) is 1. The van der Waals surface area contributed by atoms with Gasteiger partial charge in [0.1, 0.15) is 16.8 Å². The van der Waals surface area contributed by atoms with Gasteiger partial charge in [0.15, 0.2) is 0 Å². The number of hydrogen-bond donors (Lipinski definition) is 1. The fourth-order valence-corrected chi connectivity index (χ4v) is 4.82. The van der Waals surface area contributed by atoms with E-state index in [1.54, 1.807) is 29.0 Å². The third kappa shape index (κ3) is 3.84. The van der Waals surface area contributed by atoms with Gasteiger partial charge in [-0.1, -0.05) is 36.4 Å². The second-order valence-corrected chi connectivity index (χ2v) is 8.66. The van der Waals surface area contributed by atoms with Gasteiger partial charge in [-0.3, -0.25) is 19.4 Å². The van der Waals surface area contributed by atoms with Crippen LogP contribution in [0.2, 0.25) is 0 Å². The number of aromatic nitrogens is 3. The van der Waals surface area contributed by atoms with Gasteiger partial charge in [-0.25, -0.2) is 4.98 Å². The molecule has 1 aromatic carbocycles. The summed E-state index contributed by atoms with van der Waals surface area (Å²) in [5.41, 5.74) is 2.44. The van der Waals surface area contributed by atoms with E-state index < -0.39 is 0 Å². The van der Waals surface area contributed by atoms with Gasteiger partial charge in [-0.15, -0.1) is 0 Å². The lowest BCUT2D eigenvalue weighted by molar-refractivity contribution is 0.0687. The highest BCUT2D eigenvalue weighted by Crippen LogP contribution is 2.23. The lowest BCUT2D eigenvalue weighted by Crippen LogP contribution is -2.42. The van der Waals surface area contributed by atoms with Crippen LogP contribution in [-0.2, 0) is 13.0 Å². The summed E-state index contributed by atoms with van der Waals surface area (Å²) >= 11 is 0. The lowest BCUT2D eigenvalue weighted by Gasteiger charge is -2.32. The van der Waals surface area contributed by atoms with E-state index in [0.717, 1.165) is 19.3 Å². The number of nitrogens with zero attached hydrogens (tertiary/aromatic N) is 4. The highest BCUT2D eigenvalue weighted by atomic mass is 16.2. The first kappa shape index (κ1) is 21.1. The maximum Gasteiger partial charge on any atom is 0.267 e. The maximum atomic E-state index is 13.4. The van der Waals surface area contributed by atoms with Crippen molar-refractivity contribution in [3.8, 4) is 0 Å². The van der Waals surface area contributed by atoms with Gasteiger partial charge < -0.3 is 9.47 Å². The van der Waals surface area contributed by atoms with Crippen LogP contribution in [0.15, 0.2) is 65.6 Å². The average Bonchev–Trinajstić information content (AvgIpc) is 2.85. The van der Waals surface area contributed by atoms with Crippen molar-refractivity contribution in [2.75, 3.05) is 13.1 Å². The molecule has 1 amide bonds. The summed E-state index contributed by atoms with van der Waals surface area (Å²) in [6.07, 6.45) is 4.57. The topological polar surface area (TPSA) is 83.5 Å². The number of benzene rings is 1. The van der Waals surface area contributed by atoms with Crippen molar-refractivity contribution < 1.29 is 4.79 Å². The fourth-order valence-electron chi connectivity index (χ4n) is 4.82. The Morgan fingerprint density at radius 3 is 2.55 bits per heavy atom. The zero-order valence-corrected chi connectivity index (χ0v) is 18.7. The first-order valence-corrected chi connectivity index (χ1v) is 11.5. The Labute approximate surface area is 191 Å². The van der Waals surface area contributed by atoms with Gasteiger partial charge in [-0.05, 0) is 55.9 Å². The Morgan fingerprint density at radius 1 is 1.09 bits per heavy atom. The number of rotatable bonds is 4. The monoisotopic (exact) mass is 441 g/mol. The van der Waals surface area contributed by atoms with Crippen LogP contribution < -0.4 is 11.0 Å². The summed E-state index contributed by atoms with van der Waals surface area (Å²) in [4.78, 5) is 33.0. The molecule has 1 fully saturated rings. The molecule has 0 radical (unpaired) electrons. The van der Waals surface area contributed by atoms with Gasteiger partial charge in [-0.2, -0.15) is 0 Å². The van der Waals surface area contributed by atoms with Gasteiger partial charge in [0.05, 0.1) is 10.9 Å². The first-order chi connectivity index (χ1) is 16.1. The second-order valence-electron chi connectivity index (χ2n) is 8.66. The zero-order valence-electron chi connectivity index (χ0n) is 18.7. The molecule has 1 saturated heterocycles. The van der Waals surface area contributed by atoms with Gasteiger partial charge in [0.25, 0.3) is 11.5 Å². The highest BCUT2D eigenvalue weighted by Gasteiger charge is 2.26. The number of fused-ring (bicyclic) bond motifs is 2. The van der Waals surface area contributed by atoms with E-state index in [0.29, 0.717) is 42.2 Å². The molecule has 0 spiro atoms. The standard InChI is InChI=1S/C26H27N5O2/c1-2-30-23(27)20(17-21-24(30)28-22-10-6-7-13-31(22)26(21)33)25(32)29-14-11-19(12-15-29)16-18-8-4-3-5-9-18/h3-10,13,17,19,27H,2,11-12,14-16H2,1H3. The third-order valence-electron chi connectivity index (χ3n) is 6.63. The van der Waals surface area contributed by atoms with Crippen LogP contribution in [0.25, 0.3) is 16.7 Å². The smallest absolute Gasteiger partial charge is 0.267 e. The summed E-state index contributed by atoms with van der Waals surface area (Å²) in [5, 5.41) is 9.07. The minimum Gasteiger partial charge on any atom is -0.339 e. The number of carbonyl (C=O) groups is 1. The van der Waals surface area contributed by atoms with Gasteiger partial charge >= 0.3 is 0 Å². The fraction of sp³-hybridized carbons (Fsp3) is 0.308. The molecule has 168 valence electrons. The van der Waals surface area contributed by atoms with Crippen LogP contribution in [-0.4, -0.2) is 37.8 Å². The normalized spacial score (nSPS) is 14.8. The van der Waals surface area contributed by atoms with Crippen molar-refractivity contribution in [2.24, 2.45) is 5.92 Å². The lowest BCUT2D eigenvalue weighted by atomic mass is 9.90. The summed E-state index contributed by atoms with van der Waals surface area (Å²) in [7, 11) is 0. The summed E-state index contributed by atoms with van der Waals surface area (Å²) in [6, 6.07) is 17.4. The van der Waals surface area contributed by atoms with E-state index in [1.807, 2.05) is 24.0 Å². The molecule has 1 aliphatic heterocycles. The number of aryl methyl sites for hydroxylation is 1. The van der Waals surface area contributed by atoms with Crippen molar-refractivity contribution in [1.29, 1.82) is 5.41 Å². The van der Waals surface area contributed by atoms with Gasteiger partial charge in [0, 0.05) is 25.8 Å². The van der Waals surface area contributed by atoms with E-state index in [2.05, 4.69) is 29.2 Å². The first-order valence-electron chi connectivity index (χ1n) is 11.5. The van der Waals surface area contributed by atoms with E-state index in [4.69, 9.17) is 5.41 Å². The molecule has 1 N–H and O–H groups in total. The Hall–Kier alpha value is -3.74. The maximum absolute atomic E-state index is 13.4. The SMILES string of the molecule is CCn1c(=N)c(C(=O)N2CCC(Cc3ccccc3)CC2)cc2c(=O)n3ccccc3nc21. The number of pyridine rings is 2. The quantitative estimate of drug-likeness (QED) is 0.494. The van der Waals surface area contributed by atoms with Crippen LogP contribution in [0.3, 0.4) is 0 Å². The molecule has 7 heteroatoms. The summed E-state index contributed by atoms with van der Waals surface area (Å²) in [6.45, 7) is 3.67. The number of likely N-dealkylation sites (tertiary alicyclic amines) is 1. The molecule has 33 heavy (non-hydrogen) atoms. The van der Waals surface area contributed by atoms with Crippen molar-refractivity contribution in [1.82, 2.24) is 18.9 Å². The van der Waals surface area contributed by atoms with Crippen molar-refractivity contribution in [3.05, 3.63) is 87.8 Å². The van der Waals surface area contributed by atoms with E-state index in [-0.39, 0.29) is 22.5 Å². The molecular formula is C26H27N5O2. The summed E-state index contributed by atoms with van der Waals surface area (Å²) < 4.78 is 3.13. The highest BCUT2D eigenvalue weighted by molar-refractivity contribution is 5.96. The number of piperidine rings is 1. The van der Waals surface area contributed by atoms with Crippen molar-refractivity contribution >= 4 is 22.6 Å². The molecule has 7 nitrogen and oxygen atoms in total. The largest absolute Gasteiger partial charge is 0.339 e. The summed E-state index contributed by atoms with van der Waals surface area (Å²) in [5.74, 6) is 0.365. The Morgan fingerprint density at radius 2 is 1.82 bits per heavy atom. The molecule has 0 atom stereocenters. The number of carbonyl (C=O) groups excluding carboxylic acids is 1. The van der Waals surface area contributed by atoms with Crippen LogP contribution in [0.4, 0.5) is 0 Å². The Balaban J connectivity index is 1.46. The molecule has 4 heterocycles.